The first kappa shape index (κ1) is 13.8. The van der Waals surface area contributed by atoms with Crippen molar-refractivity contribution in [1.29, 1.82) is 0 Å². The second-order valence-electron chi connectivity index (χ2n) is 4.27. The van der Waals surface area contributed by atoms with E-state index in [0.29, 0.717) is 11.1 Å². The van der Waals surface area contributed by atoms with Crippen molar-refractivity contribution < 1.29 is 0 Å². The van der Waals surface area contributed by atoms with Gasteiger partial charge in [-0.15, -0.1) is 0 Å². The number of pyridine rings is 1. The topological polar surface area (TPSA) is 42.7 Å². The summed E-state index contributed by atoms with van der Waals surface area (Å²) in [6.45, 7) is 4.93. The SMILES string of the molecule is CC(C)NCc1cc(-n2cc(I)cn2)ncc1Cl. The Morgan fingerprint density at radius 3 is 2.83 bits per heavy atom. The van der Waals surface area contributed by atoms with E-state index in [1.807, 2.05) is 12.3 Å². The number of nitrogens with one attached hydrogen (secondary N) is 1. The monoisotopic (exact) mass is 376 g/mol. The third-order valence-electron chi connectivity index (χ3n) is 2.41. The average Bonchev–Trinajstić information content (AvgIpc) is 2.74. The van der Waals surface area contributed by atoms with Crippen LogP contribution >= 0.6 is 34.2 Å². The van der Waals surface area contributed by atoms with Crippen LogP contribution in [0.4, 0.5) is 0 Å². The molecule has 0 aliphatic heterocycles. The quantitative estimate of drug-likeness (QED) is 0.834. The van der Waals surface area contributed by atoms with Gasteiger partial charge in [0.2, 0.25) is 0 Å². The van der Waals surface area contributed by atoms with Crippen molar-refractivity contribution >= 4 is 34.2 Å². The molecular formula is C12H14ClIN4. The molecule has 2 aromatic heterocycles. The van der Waals surface area contributed by atoms with Crippen LogP contribution in [-0.4, -0.2) is 20.8 Å². The van der Waals surface area contributed by atoms with Crippen LogP contribution in [-0.2, 0) is 6.54 Å². The molecule has 0 amide bonds. The summed E-state index contributed by atoms with van der Waals surface area (Å²) >= 11 is 8.36. The summed E-state index contributed by atoms with van der Waals surface area (Å²) in [6, 6.07) is 2.38. The number of nitrogens with zero attached hydrogens (tertiary/aromatic N) is 3. The number of halogens is 2. The lowest BCUT2D eigenvalue weighted by molar-refractivity contribution is 0.588. The molecule has 4 nitrogen and oxygen atoms in total. The summed E-state index contributed by atoms with van der Waals surface area (Å²) in [4.78, 5) is 4.29. The van der Waals surface area contributed by atoms with E-state index in [9.17, 15) is 0 Å². The summed E-state index contributed by atoms with van der Waals surface area (Å²) in [7, 11) is 0. The number of hydrogen-bond acceptors (Lipinski definition) is 3. The van der Waals surface area contributed by atoms with Crippen molar-refractivity contribution in [3.05, 3.63) is 38.8 Å². The summed E-state index contributed by atoms with van der Waals surface area (Å²) in [5.74, 6) is 0.780. The molecule has 0 fully saturated rings. The fourth-order valence-corrected chi connectivity index (χ4v) is 2.03. The van der Waals surface area contributed by atoms with Crippen molar-refractivity contribution in [3.8, 4) is 5.82 Å². The highest BCUT2D eigenvalue weighted by molar-refractivity contribution is 14.1. The molecule has 0 aliphatic carbocycles. The molecule has 0 unspecified atom stereocenters. The molecule has 0 atom stereocenters. The zero-order valence-electron chi connectivity index (χ0n) is 10.2. The van der Waals surface area contributed by atoms with Gasteiger partial charge < -0.3 is 5.32 Å². The van der Waals surface area contributed by atoms with E-state index in [-0.39, 0.29) is 0 Å². The van der Waals surface area contributed by atoms with E-state index in [1.165, 1.54) is 0 Å². The molecule has 0 aromatic carbocycles. The number of rotatable bonds is 4. The summed E-state index contributed by atoms with van der Waals surface area (Å²) in [5.41, 5.74) is 1.03. The van der Waals surface area contributed by atoms with E-state index in [1.54, 1.807) is 17.1 Å². The van der Waals surface area contributed by atoms with Crippen molar-refractivity contribution in [2.75, 3.05) is 0 Å². The lowest BCUT2D eigenvalue weighted by Gasteiger charge is -2.10. The zero-order chi connectivity index (χ0) is 13.1. The molecular weight excluding hydrogens is 363 g/mol. The number of hydrogen-bond donors (Lipinski definition) is 1. The predicted octanol–water partition coefficient (Wildman–Crippen LogP) is 3.02. The second kappa shape index (κ2) is 5.99. The molecule has 0 radical (unpaired) electrons. The van der Waals surface area contributed by atoms with E-state index in [0.717, 1.165) is 21.5 Å². The third kappa shape index (κ3) is 3.43. The van der Waals surface area contributed by atoms with Gasteiger partial charge in [0.25, 0.3) is 0 Å². The van der Waals surface area contributed by atoms with Gasteiger partial charge in [-0.2, -0.15) is 5.10 Å². The standard InChI is InChI=1S/C12H14ClIN4/c1-8(2)15-4-9-3-12(16-6-11(9)13)18-7-10(14)5-17-18/h3,5-8,15H,4H2,1-2H3. The molecule has 96 valence electrons. The van der Waals surface area contributed by atoms with Gasteiger partial charge in [0.05, 0.1) is 14.8 Å². The minimum atomic E-state index is 0.420. The van der Waals surface area contributed by atoms with E-state index >= 15 is 0 Å². The maximum Gasteiger partial charge on any atom is 0.153 e. The van der Waals surface area contributed by atoms with E-state index < -0.39 is 0 Å². The van der Waals surface area contributed by atoms with Crippen LogP contribution in [0.25, 0.3) is 5.82 Å². The van der Waals surface area contributed by atoms with Gasteiger partial charge in [-0.1, -0.05) is 25.4 Å². The maximum absolute atomic E-state index is 6.14. The van der Waals surface area contributed by atoms with Crippen LogP contribution in [0, 0.1) is 3.57 Å². The van der Waals surface area contributed by atoms with Crippen LogP contribution < -0.4 is 5.32 Å². The van der Waals surface area contributed by atoms with Gasteiger partial charge in [-0.3, -0.25) is 0 Å². The molecule has 2 rings (SSSR count). The Hall–Kier alpha value is -0.660. The Labute approximate surface area is 125 Å². The van der Waals surface area contributed by atoms with Crippen LogP contribution in [0.1, 0.15) is 19.4 Å². The Balaban J connectivity index is 2.25. The van der Waals surface area contributed by atoms with Gasteiger partial charge in [0.15, 0.2) is 5.82 Å². The highest BCUT2D eigenvalue weighted by atomic mass is 127. The van der Waals surface area contributed by atoms with E-state index in [2.05, 4.69) is 51.8 Å². The fraction of sp³-hybridized carbons (Fsp3) is 0.333. The molecule has 2 aromatic rings. The highest BCUT2D eigenvalue weighted by Gasteiger charge is 2.06. The highest BCUT2D eigenvalue weighted by Crippen LogP contribution is 2.18. The molecule has 2 heterocycles. The first-order valence-corrected chi connectivity index (χ1v) is 7.10. The average molecular weight is 377 g/mol. The predicted molar refractivity (Wildman–Crippen MR) is 81.1 cm³/mol. The first-order chi connectivity index (χ1) is 8.56. The van der Waals surface area contributed by atoms with Crippen molar-refractivity contribution in [2.45, 2.75) is 26.4 Å². The fourth-order valence-electron chi connectivity index (χ4n) is 1.47. The molecule has 0 aliphatic rings. The Morgan fingerprint density at radius 1 is 1.44 bits per heavy atom. The molecule has 0 saturated carbocycles. The normalized spacial score (nSPS) is 11.2. The van der Waals surface area contributed by atoms with Gasteiger partial charge in [-0.25, -0.2) is 9.67 Å². The molecule has 0 bridgehead atoms. The molecule has 0 spiro atoms. The Kier molecular flexibility index (Phi) is 4.58. The second-order valence-corrected chi connectivity index (χ2v) is 5.93. The van der Waals surface area contributed by atoms with E-state index in [4.69, 9.17) is 11.6 Å². The lowest BCUT2D eigenvalue weighted by Crippen LogP contribution is -2.22. The molecule has 6 heteroatoms. The Morgan fingerprint density at radius 2 is 2.22 bits per heavy atom. The number of aromatic nitrogens is 3. The summed E-state index contributed by atoms with van der Waals surface area (Å²) in [6.07, 6.45) is 5.39. The smallest absolute Gasteiger partial charge is 0.153 e. The van der Waals surface area contributed by atoms with Crippen molar-refractivity contribution in [1.82, 2.24) is 20.1 Å². The van der Waals surface area contributed by atoms with Crippen molar-refractivity contribution in [2.24, 2.45) is 0 Å². The van der Waals surface area contributed by atoms with Crippen LogP contribution in [0.5, 0.6) is 0 Å². The minimum Gasteiger partial charge on any atom is -0.310 e. The van der Waals surface area contributed by atoms with Gasteiger partial charge in [0, 0.05) is 25.0 Å². The minimum absolute atomic E-state index is 0.420. The molecule has 18 heavy (non-hydrogen) atoms. The third-order valence-corrected chi connectivity index (χ3v) is 3.30. The lowest BCUT2D eigenvalue weighted by atomic mass is 10.2. The largest absolute Gasteiger partial charge is 0.310 e. The summed E-state index contributed by atoms with van der Waals surface area (Å²) in [5, 5.41) is 8.25. The van der Waals surface area contributed by atoms with Crippen LogP contribution in [0.3, 0.4) is 0 Å². The zero-order valence-corrected chi connectivity index (χ0v) is 13.1. The molecule has 1 N–H and O–H groups in total. The van der Waals surface area contributed by atoms with Crippen LogP contribution in [0.15, 0.2) is 24.7 Å². The van der Waals surface area contributed by atoms with Gasteiger partial charge in [-0.05, 0) is 34.2 Å². The van der Waals surface area contributed by atoms with Crippen LogP contribution in [0.2, 0.25) is 5.02 Å². The van der Waals surface area contributed by atoms with Crippen molar-refractivity contribution in [3.63, 3.8) is 0 Å². The first-order valence-electron chi connectivity index (χ1n) is 5.64. The van der Waals surface area contributed by atoms with Gasteiger partial charge in [0.1, 0.15) is 0 Å². The Bertz CT molecular complexity index is 539. The summed E-state index contributed by atoms with van der Waals surface area (Å²) < 4.78 is 2.82. The van der Waals surface area contributed by atoms with Gasteiger partial charge >= 0.3 is 0 Å². The molecule has 0 saturated heterocycles. The maximum atomic E-state index is 6.14.